The van der Waals surface area contributed by atoms with E-state index >= 15 is 0 Å². The molecule has 0 aromatic carbocycles. The van der Waals surface area contributed by atoms with E-state index in [1.165, 1.54) is 0 Å². The number of carbonyl (C=O) groups excluding carboxylic acids is 1. The van der Waals surface area contributed by atoms with Crippen molar-refractivity contribution < 1.29 is 9.36 Å². The minimum atomic E-state index is 0.0109. The predicted octanol–water partition coefficient (Wildman–Crippen LogP) is 1.26. The molecule has 4 nitrogen and oxygen atoms in total. The molecule has 84 valence electrons. The van der Waals surface area contributed by atoms with Crippen LogP contribution in [0.2, 0.25) is 0 Å². The van der Waals surface area contributed by atoms with Crippen molar-refractivity contribution in [2.45, 2.75) is 26.8 Å². The lowest BCUT2D eigenvalue weighted by molar-refractivity contribution is -0.670. The molecule has 0 aliphatic carbocycles. The van der Waals surface area contributed by atoms with Gasteiger partial charge >= 0.3 is 6.03 Å². The van der Waals surface area contributed by atoms with Crippen LogP contribution in [0, 0.1) is 5.92 Å². The highest BCUT2D eigenvalue weighted by Crippen LogP contribution is 2.09. The first-order chi connectivity index (χ1) is 6.93. The fraction of sp³-hybridized carbons (Fsp3) is 0.636. The lowest BCUT2D eigenvalue weighted by Gasteiger charge is -2.25. The van der Waals surface area contributed by atoms with Crippen LogP contribution in [0.4, 0.5) is 4.79 Å². The van der Waals surface area contributed by atoms with Crippen molar-refractivity contribution >= 4 is 6.03 Å². The molecule has 1 aromatic heterocycles. The summed E-state index contributed by atoms with van der Waals surface area (Å²) in [6.07, 6.45) is 5.39. The molecule has 1 atom stereocenters. The maximum Gasteiger partial charge on any atom is 0.415 e. The molecule has 15 heavy (non-hydrogen) atoms. The number of carbonyl (C=O) groups is 1. The predicted molar refractivity (Wildman–Crippen MR) is 58.5 cm³/mol. The molecule has 0 saturated carbocycles. The number of rotatable bonds is 2. The third-order valence-corrected chi connectivity index (χ3v) is 2.87. The summed E-state index contributed by atoms with van der Waals surface area (Å²) in [7, 11) is 3.74. The lowest BCUT2D eigenvalue weighted by atomic mass is 10.1. The monoisotopic (exact) mass is 210 g/mol. The Labute approximate surface area is 91.1 Å². The van der Waals surface area contributed by atoms with Gasteiger partial charge in [-0.15, -0.1) is 0 Å². The van der Waals surface area contributed by atoms with E-state index in [0.717, 1.165) is 0 Å². The Morgan fingerprint density at radius 2 is 2.00 bits per heavy atom. The quantitative estimate of drug-likeness (QED) is 0.676. The first-order valence-corrected chi connectivity index (χ1v) is 5.24. The van der Waals surface area contributed by atoms with Gasteiger partial charge in [0.1, 0.15) is 12.4 Å². The number of amides is 1. The van der Waals surface area contributed by atoms with Gasteiger partial charge in [0.25, 0.3) is 6.33 Å². The SMILES string of the molecule is CC(C)C(C)N(C)C(=O)n1cc[n+](C)c1. The van der Waals surface area contributed by atoms with Crippen LogP contribution < -0.4 is 4.57 Å². The molecule has 1 unspecified atom stereocenters. The fourth-order valence-corrected chi connectivity index (χ4v) is 1.37. The number of hydrogen-bond donors (Lipinski definition) is 0. The Morgan fingerprint density at radius 1 is 1.40 bits per heavy atom. The van der Waals surface area contributed by atoms with Gasteiger partial charge in [0.15, 0.2) is 0 Å². The van der Waals surface area contributed by atoms with Crippen LogP contribution in [0.1, 0.15) is 20.8 Å². The summed E-state index contributed by atoms with van der Waals surface area (Å²) < 4.78 is 3.45. The van der Waals surface area contributed by atoms with Crippen molar-refractivity contribution in [1.82, 2.24) is 9.47 Å². The summed E-state index contributed by atoms with van der Waals surface area (Å²) in [5.41, 5.74) is 0. The zero-order valence-corrected chi connectivity index (χ0v) is 10.1. The van der Waals surface area contributed by atoms with E-state index in [1.54, 1.807) is 22.0 Å². The van der Waals surface area contributed by atoms with Crippen molar-refractivity contribution in [3.05, 3.63) is 18.7 Å². The zero-order chi connectivity index (χ0) is 11.6. The molecule has 1 aromatic rings. The Kier molecular flexibility index (Phi) is 3.50. The molecule has 4 heteroatoms. The van der Waals surface area contributed by atoms with E-state index in [2.05, 4.69) is 20.8 Å². The van der Waals surface area contributed by atoms with Gasteiger partial charge in [-0.05, 0) is 12.8 Å². The third-order valence-electron chi connectivity index (χ3n) is 2.87. The summed E-state index contributed by atoms with van der Waals surface area (Å²) in [6, 6.07) is 0.252. The van der Waals surface area contributed by atoms with Gasteiger partial charge in [0.05, 0.1) is 7.05 Å². The van der Waals surface area contributed by atoms with Crippen molar-refractivity contribution in [3.8, 4) is 0 Å². The minimum Gasteiger partial charge on any atom is -0.304 e. The molecule has 1 rings (SSSR count). The largest absolute Gasteiger partial charge is 0.415 e. The maximum atomic E-state index is 12.0. The van der Waals surface area contributed by atoms with E-state index in [4.69, 9.17) is 0 Å². The number of aromatic nitrogens is 2. The molecule has 0 aliphatic rings. The number of nitrogens with zero attached hydrogens (tertiary/aromatic N) is 3. The summed E-state index contributed by atoms with van der Waals surface area (Å²) in [5, 5.41) is 0. The van der Waals surface area contributed by atoms with Gasteiger partial charge in [-0.25, -0.2) is 9.36 Å². The number of imidazole rings is 1. The van der Waals surface area contributed by atoms with Crippen molar-refractivity contribution in [1.29, 1.82) is 0 Å². The van der Waals surface area contributed by atoms with Gasteiger partial charge in [-0.1, -0.05) is 13.8 Å². The molecule has 1 amide bonds. The maximum absolute atomic E-state index is 12.0. The van der Waals surface area contributed by atoms with Crippen molar-refractivity contribution in [2.24, 2.45) is 13.0 Å². The summed E-state index contributed by atoms with van der Waals surface area (Å²) in [6.45, 7) is 6.29. The Balaban J connectivity index is 2.77. The summed E-state index contributed by atoms with van der Waals surface area (Å²) in [4.78, 5) is 13.7. The third kappa shape index (κ3) is 2.58. The minimum absolute atomic E-state index is 0.0109. The second-order valence-electron chi connectivity index (χ2n) is 4.36. The molecule has 0 fully saturated rings. The normalized spacial score (nSPS) is 12.9. The van der Waals surface area contributed by atoms with Crippen molar-refractivity contribution in [2.75, 3.05) is 7.05 Å². The van der Waals surface area contributed by atoms with Gasteiger partial charge in [0.2, 0.25) is 0 Å². The molecule has 1 heterocycles. The summed E-state index contributed by atoms with van der Waals surface area (Å²) in [5.74, 6) is 0.461. The average molecular weight is 210 g/mol. The second kappa shape index (κ2) is 4.47. The van der Waals surface area contributed by atoms with Crippen LogP contribution in [0.5, 0.6) is 0 Å². The Hall–Kier alpha value is -1.32. The Bertz CT molecular complexity index is 343. The number of aryl methyl sites for hydroxylation is 1. The molecule has 0 bridgehead atoms. The van der Waals surface area contributed by atoms with Gasteiger partial charge in [-0.3, -0.25) is 0 Å². The van der Waals surface area contributed by atoms with Gasteiger partial charge < -0.3 is 4.90 Å². The number of hydrogen-bond acceptors (Lipinski definition) is 1. The molecule has 0 radical (unpaired) electrons. The molecule has 0 N–H and O–H groups in total. The van der Waals surface area contributed by atoms with Crippen LogP contribution >= 0.6 is 0 Å². The smallest absolute Gasteiger partial charge is 0.304 e. The van der Waals surface area contributed by atoms with E-state index < -0.39 is 0 Å². The van der Waals surface area contributed by atoms with E-state index in [-0.39, 0.29) is 12.1 Å². The van der Waals surface area contributed by atoms with Crippen molar-refractivity contribution in [3.63, 3.8) is 0 Å². The van der Waals surface area contributed by atoms with Gasteiger partial charge in [-0.2, -0.15) is 4.57 Å². The fourth-order valence-electron chi connectivity index (χ4n) is 1.37. The first kappa shape index (κ1) is 11.8. The van der Waals surface area contributed by atoms with Crippen LogP contribution in [0.15, 0.2) is 18.7 Å². The summed E-state index contributed by atoms with van der Waals surface area (Å²) >= 11 is 0. The molecular formula is C11H20N3O+. The van der Waals surface area contributed by atoms with E-state index in [1.807, 2.05) is 24.9 Å². The standard InChI is InChI=1S/C11H20N3O/c1-9(2)10(3)13(5)11(15)14-7-6-12(4)8-14/h6-10H,1-5H3/q+1. The average Bonchev–Trinajstić information content (AvgIpc) is 2.61. The van der Waals surface area contributed by atoms with Crippen LogP contribution in [0.3, 0.4) is 0 Å². The van der Waals surface area contributed by atoms with Gasteiger partial charge in [0, 0.05) is 13.1 Å². The Morgan fingerprint density at radius 3 is 2.40 bits per heavy atom. The zero-order valence-electron chi connectivity index (χ0n) is 10.1. The molecule has 0 aliphatic heterocycles. The molecule has 0 saturated heterocycles. The highest BCUT2D eigenvalue weighted by atomic mass is 16.2. The molecular weight excluding hydrogens is 190 g/mol. The van der Waals surface area contributed by atoms with E-state index in [9.17, 15) is 4.79 Å². The molecule has 0 spiro atoms. The van der Waals surface area contributed by atoms with E-state index in [0.29, 0.717) is 5.92 Å². The highest BCUT2D eigenvalue weighted by molar-refractivity contribution is 5.76. The van der Waals surface area contributed by atoms with Crippen LogP contribution in [-0.2, 0) is 7.05 Å². The van der Waals surface area contributed by atoms with Crippen LogP contribution in [-0.4, -0.2) is 28.6 Å². The highest BCUT2D eigenvalue weighted by Gasteiger charge is 2.23. The first-order valence-electron chi connectivity index (χ1n) is 5.24. The lowest BCUT2D eigenvalue weighted by Crippen LogP contribution is -2.40. The topological polar surface area (TPSA) is 29.1 Å². The van der Waals surface area contributed by atoms with Crippen LogP contribution in [0.25, 0.3) is 0 Å². The second-order valence-corrected chi connectivity index (χ2v) is 4.36.